The summed E-state index contributed by atoms with van der Waals surface area (Å²) in [5.74, 6) is -0.249. The lowest BCUT2D eigenvalue weighted by Gasteiger charge is -2.18. The molecule has 2 amide bonds. The SMILES string of the molecule is CN(C(=O)c1ccc(Cl)cc1)c1ccc(NC(=O)[C@@H]2CCOC2)cc1. The van der Waals surface area contributed by atoms with E-state index < -0.39 is 0 Å². The molecule has 1 heterocycles. The number of carbonyl (C=O) groups is 2. The van der Waals surface area contributed by atoms with Gasteiger partial charge in [0.05, 0.1) is 12.5 Å². The summed E-state index contributed by atoms with van der Waals surface area (Å²) in [4.78, 5) is 26.1. The molecule has 25 heavy (non-hydrogen) atoms. The summed E-state index contributed by atoms with van der Waals surface area (Å²) in [7, 11) is 1.71. The summed E-state index contributed by atoms with van der Waals surface area (Å²) in [5, 5.41) is 3.47. The van der Waals surface area contributed by atoms with Crippen molar-refractivity contribution in [3.8, 4) is 0 Å². The van der Waals surface area contributed by atoms with Gasteiger partial charge in [-0.3, -0.25) is 9.59 Å². The highest BCUT2D eigenvalue weighted by atomic mass is 35.5. The number of anilines is 2. The molecule has 2 aromatic carbocycles. The molecule has 0 bridgehead atoms. The Morgan fingerprint density at radius 2 is 1.80 bits per heavy atom. The van der Waals surface area contributed by atoms with Gasteiger partial charge in [0.2, 0.25) is 5.91 Å². The Labute approximate surface area is 151 Å². The van der Waals surface area contributed by atoms with Crippen LogP contribution < -0.4 is 10.2 Å². The molecular formula is C19H19ClN2O3. The second-order valence-corrected chi connectivity index (χ2v) is 6.40. The third-order valence-electron chi connectivity index (χ3n) is 4.22. The minimum absolute atomic E-state index is 0.0316. The zero-order valence-electron chi connectivity index (χ0n) is 13.9. The van der Waals surface area contributed by atoms with Crippen molar-refractivity contribution in [3.63, 3.8) is 0 Å². The third-order valence-corrected chi connectivity index (χ3v) is 4.47. The topological polar surface area (TPSA) is 58.6 Å². The first-order valence-corrected chi connectivity index (χ1v) is 8.44. The van der Waals surface area contributed by atoms with E-state index in [0.717, 1.165) is 12.1 Å². The van der Waals surface area contributed by atoms with Crippen molar-refractivity contribution in [2.45, 2.75) is 6.42 Å². The van der Waals surface area contributed by atoms with Gasteiger partial charge in [0.25, 0.3) is 5.91 Å². The second-order valence-electron chi connectivity index (χ2n) is 5.97. The molecule has 1 aliphatic heterocycles. The molecule has 0 saturated carbocycles. The zero-order valence-corrected chi connectivity index (χ0v) is 14.6. The molecule has 0 radical (unpaired) electrons. The van der Waals surface area contributed by atoms with Crippen LogP contribution in [0.3, 0.4) is 0 Å². The van der Waals surface area contributed by atoms with Crippen LogP contribution in [0.15, 0.2) is 48.5 Å². The molecule has 1 saturated heterocycles. The number of hydrogen-bond donors (Lipinski definition) is 1. The third kappa shape index (κ3) is 4.18. The van der Waals surface area contributed by atoms with Gasteiger partial charge in [-0.1, -0.05) is 11.6 Å². The molecule has 0 spiro atoms. The molecular weight excluding hydrogens is 340 g/mol. The quantitative estimate of drug-likeness (QED) is 0.908. The Kier molecular flexibility index (Phi) is 5.36. The zero-order chi connectivity index (χ0) is 17.8. The van der Waals surface area contributed by atoms with Crippen molar-refractivity contribution in [1.29, 1.82) is 0 Å². The van der Waals surface area contributed by atoms with Gasteiger partial charge in [-0.15, -0.1) is 0 Å². The summed E-state index contributed by atoms with van der Waals surface area (Å²) in [6.45, 7) is 1.11. The fourth-order valence-electron chi connectivity index (χ4n) is 2.66. The number of carbonyl (C=O) groups excluding carboxylic acids is 2. The van der Waals surface area contributed by atoms with Crippen LogP contribution in [0.1, 0.15) is 16.8 Å². The average molecular weight is 359 g/mol. The molecule has 1 aliphatic rings. The van der Waals surface area contributed by atoms with E-state index in [1.54, 1.807) is 60.5 Å². The largest absolute Gasteiger partial charge is 0.381 e. The predicted octanol–water partition coefficient (Wildman–Crippen LogP) is 3.59. The maximum Gasteiger partial charge on any atom is 0.258 e. The number of ether oxygens (including phenoxy) is 1. The number of amides is 2. The van der Waals surface area contributed by atoms with E-state index in [4.69, 9.17) is 16.3 Å². The van der Waals surface area contributed by atoms with E-state index in [1.165, 1.54) is 0 Å². The molecule has 6 heteroatoms. The maximum absolute atomic E-state index is 12.5. The standard InChI is InChI=1S/C19H19ClN2O3/c1-22(19(24)13-2-4-15(20)5-3-13)17-8-6-16(7-9-17)21-18(23)14-10-11-25-12-14/h2-9,14H,10-12H2,1H3,(H,21,23)/t14-/m1/s1. The molecule has 5 nitrogen and oxygen atoms in total. The van der Waals surface area contributed by atoms with Crippen molar-refractivity contribution in [2.24, 2.45) is 5.92 Å². The molecule has 3 rings (SSSR count). The summed E-state index contributed by atoms with van der Waals surface area (Å²) >= 11 is 5.85. The van der Waals surface area contributed by atoms with Gasteiger partial charge in [0.1, 0.15) is 0 Å². The Bertz CT molecular complexity index is 753. The van der Waals surface area contributed by atoms with Crippen LogP contribution in [0.5, 0.6) is 0 Å². The molecule has 1 fully saturated rings. The van der Waals surface area contributed by atoms with Crippen LogP contribution in [0, 0.1) is 5.92 Å². The summed E-state index contributed by atoms with van der Waals surface area (Å²) in [6.07, 6.45) is 0.752. The summed E-state index contributed by atoms with van der Waals surface area (Å²) < 4.78 is 5.23. The van der Waals surface area contributed by atoms with Gasteiger partial charge < -0.3 is 15.0 Å². The fraction of sp³-hybridized carbons (Fsp3) is 0.263. The summed E-state index contributed by atoms with van der Waals surface area (Å²) in [5.41, 5.74) is 2.00. The smallest absolute Gasteiger partial charge is 0.258 e. The number of halogens is 1. The van der Waals surface area contributed by atoms with Crippen LogP contribution >= 0.6 is 11.6 Å². The molecule has 0 aliphatic carbocycles. The lowest BCUT2D eigenvalue weighted by Crippen LogP contribution is -2.26. The van der Waals surface area contributed by atoms with Crippen molar-refractivity contribution in [1.82, 2.24) is 0 Å². The predicted molar refractivity (Wildman–Crippen MR) is 98.2 cm³/mol. The van der Waals surface area contributed by atoms with Gasteiger partial charge in [-0.05, 0) is 55.0 Å². The number of nitrogens with one attached hydrogen (secondary N) is 1. The average Bonchev–Trinajstić information content (AvgIpc) is 3.17. The van der Waals surface area contributed by atoms with E-state index in [9.17, 15) is 9.59 Å². The van der Waals surface area contributed by atoms with Gasteiger partial charge in [0.15, 0.2) is 0 Å². The highest BCUT2D eigenvalue weighted by Gasteiger charge is 2.23. The Morgan fingerprint density at radius 1 is 1.12 bits per heavy atom. The number of benzene rings is 2. The van der Waals surface area contributed by atoms with Crippen molar-refractivity contribution in [3.05, 3.63) is 59.1 Å². The van der Waals surface area contributed by atoms with Crippen LogP contribution in [0.4, 0.5) is 11.4 Å². The first-order chi connectivity index (χ1) is 12.0. The minimum Gasteiger partial charge on any atom is -0.381 e. The van der Waals surface area contributed by atoms with Gasteiger partial charge in [-0.25, -0.2) is 0 Å². The Hall–Kier alpha value is -2.37. The second kappa shape index (κ2) is 7.68. The molecule has 0 aromatic heterocycles. The van der Waals surface area contributed by atoms with Gasteiger partial charge in [-0.2, -0.15) is 0 Å². The first-order valence-electron chi connectivity index (χ1n) is 8.07. The maximum atomic E-state index is 12.5. The number of hydrogen-bond acceptors (Lipinski definition) is 3. The molecule has 1 atom stereocenters. The van der Waals surface area contributed by atoms with E-state index in [0.29, 0.717) is 29.5 Å². The molecule has 1 N–H and O–H groups in total. The van der Waals surface area contributed by atoms with Gasteiger partial charge >= 0.3 is 0 Å². The normalized spacial score (nSPS) is 16.5. The minimum atomic E-state index is -0.128. The molecule has 130 valence electrons. The van der Waals surface area contributed by atoms with Crippen LogP contribution in [0.2, 0.25) is 5.02 Å². The van der Waals surface area contributed by atoms with Crippen LogP contribution in [0.25, 0.3) is 0 Å². The van der Waals surface area contributed by atoms with Crippen molar-refractivity contribution >= 4 is 34.8 Å². The van der Waals surface area contributed by atoms with E-state index in [1.807, 2.05) is 0 Å². The van der Waals surface area contributed by atoms with Crippen LogP contribution in [-0.4, -0.2) is 32.1 Å². The van der Waals surface area contributed by atoms with E-state index in [2.05, 4.69) is 5.32 Å². The Balaban J connectivity index is 1.65. The summed E-state index contributed by atoms with van der Waals surface area (Å²) in [6, 6.07) is 13.9. The number of nitrogens with zero attached hydrogens (tertiary/aromatic N) is 1. The van der Waals surface area contributed by atoms with E-state index >= 15 is 0 Å². The van der Waals surface area contributed by atoms with E-state index in [-0.39, 0.29) is 17.7 Å². The highest BCUT2D eigenvalue weighted by Crippen LogP contribution is 2.21. The van der Waals surface area contributed by atoms with Gasteiger partial charge in [0, 0.05) is 35.6 Å². The van der Waals surface area contributed by atoms with Crippen molar-refractivity contribution in [2.75, 3.05) is 30.5 Å². The highest BCUT2D eigenvalue weighted by molar-refractivity contribution is 6.30. The lowest BCUT2D eigenvalue weighted by atomic mass is 10.1. The Morgan fingerprint density at radius 3 is 2.40 bits per heavy atom. The first kappa shape index (κ1) is 17.5. The monoisotopic (exact) mass is 358 g/mol. The number of rotatable bonds is 4. The lowest BCUT2D eigenvalue weighted by molar-refractivity contribution is -0.119. The van der Waals surface area contributed by atoms with Crippen molar-refractivity contribution < 1.29 is 14.3 Å². The molecule has 2 aromatic rings. The van der Waals surface area contributed by atoms with Crippen LogP contribution in [-0.2, 0) is 9.53 Å². The molecule has 0 unspecified atom stereocenters. The fourth-order valence-corrected chi connectivity index (χ4v) is 2.78.